The SMILES string of the molecule is CCC1NCC[C@@H](CCC(C)C)[C@H]1C. The number of rotatable bonds is 4. The van der Waals surface area contributed by atoms with Gasteiger partial charge < -0.3 is 5.32 Å². The first-order valence-electron chi connectivity index (χ1n) is 6.38. The largest absolute Gasteiger partial charge is 0.314 e. The van der Waals surface area contributed by atoms with E-state index in [1.807, 2.05) is 0 Å². The van der Waals surface area contributed by atoms with E-state index in [0.29, 0.717) is 0 Å². The number of hydrogen-bond acceptors (Lipinski definition) is 1. The second kappa shape index (κ2) is 5.75. The fourth-order valence-corrected chi connectivity index (χ4v) is 2.70. The van der Waals surface area contributed by atoms with E-state index in [4.69, 9.17) is 0 Å². The molecule has 1 unspecified atom stereocenters. The minimum Gasteiger partial charge on any atom is -0.314 e. The minimum absolute atomic E-state index is 0.779. The molecular formula is C13H27N. The van der Waals surface area contributed by atoms with Crippen molar-refractivity contribution in [2.24, 2.45) is 17.8 Å². The van der Waals surface area contributed by atoms with Crippen molar-refractivity contribution in [2.45, 2.75) is 59.4 Å². The van der Waals surface area contributed by atoms with Crippen LogP contribution in [0.2, 0.25) is 0 Å². The molecule has 1 N–H and O–H groups in total. The Kier molecular flexibility index (Phi) is 4.94. The smallest absolute Gasteiger partial charge is 0.00927 e. The van der Waals surface area contributed by atoms with E-state index in [9.17, 15) is 0 Å². The fourth-order valence-electron chi connectivity index (χ4n) is 2.70. The molecule has 0 aromatic rings. The van der Waals surface area contributed by atoms with Crippen LogP contribution in [0.1, 0.15) is 53.4 Å². The molecule has 1 rings (SSSR count). The van der Waals surface area contributed by atoms with Gasteiger partial charge in [-0.1, -0.05) is 34.1 Å². The fraction of sp³-hybridized carbons (Fsp3) is 1.00. The first-order valence-corrected chi connectivity index (χ1v) is 6.38. The van der Waals surface area contributed by atoms with Crippen LogP contribution in [0, 0.1) is 17.8 Å². The maximum Gasteiger partial charge on any atom is 0.00927 e. The Bertz CT molecular complexity index is 153. The monoisotopic (exact) mass is 197 g/mol. The molecule has 1 aliphatic rings. The molecule has 3 atom stereocenters. The summed E-state index contributed by atoms with van der Waals surface area (Å²) >= 11 is 0. The van der Waals surface area contributed by atoms with Crippen LogP contribution in [0.4, 0.5) is 0 Å². The third kappa shape index (κ3) is 3.27. The van der Waals surface area contributed by atoms with Gasteiger partial charge in [0.15, 0.2) is 0 Å². The second-order valence-electron chi connectivity index (χ2n) is 5.35. The summed E-state index contributed by atoms with van der Waals surface area (Å²) in [5.41, 5.74) is 0. The van der Waals surface area contributed by atoms with E-state index < -0.39 is 0 Å². The van der Waals surface area contributed by atoms with Gasteiger partial charge in [-0.05, 0) is 43.6 Å². The average molecular weight is 197 g/mol. The van der Waals surface area contributed by atoms with Gasteiger partial charge >= 0.3 is 0 Å². The van der Waals surface area contributed by atoms with Crippen LogP contribution in [-0.4, -0.2) is 12.6 Å². The van der Waals surface area contributed by atoms with Crippen LogP contribution in [0.5, 0.6) is 0 Å². The quantitative estimate of drug-likeness (QED) is 0.728. The van der Waals surface area contributed by atoms with E-state index in [1.54, 1.807) is 0 Å². The van der Waals surface area contributed by atoms with Crippen LogP contribution in [0.25, 0.3) is 0 Å². The Morgan fingerprint density at radius 2 is 2.07 bits per heavy atom. The highest BCUT2D eigenvalue weighted by atomic mass is 14.9. The molecule has 1 aliphatic heterocycles. The van der Waals surface area contributed by atoms with Crippen molar-refractivity contribution in [3.8, 4) is 0 Å². The Hall–Kier alpha value is -0.0400. The first kappa shape index (κ1) is 12.0. The van der Waals surface area contributed by atoms with Crippen LogP contribution in [0.15, 0.2) is 0 Å². The van der Waals surface area contributed by atoms with E-state index in [1.165, 1.54) is 32.2 Å². The van der Waals surface area contributed by atoms with E-state index >= 15 is 0 Å². The lowest BCUT2D eigenvalue weighted by molar-refractivity contribution is 0.183. The third-order valence-corrected chi connectivity index (χ3v) is 3.85. The Morgan fingerprint density at radius 3 is 2.64 bits per heavy atom. The molecule has 1 nitrogen and oxygen atoms in total. The van der Waals surface area contributed by atoms with Gasteiger partial charge in [0.2, 0.25) is 0 Å². The maximum atomic E-state index is 3.64. The summed E-state index contributed by atoms with van der Waals surface area (Å²) in [6, 6.07) is 0.779. The van der Waals surface area contributed by atoms with Gasteiger partial charge in [0.25, 0.3) is 0 Å². The number of piperidine rings is 1. The molecule has 1 fully saturated rings. The maximum absolute atomic E-state index is 3.64. The van der Waals surface area contributed by atoms with Crippen molar-refractivity contribution in [2.75, 3.05) is 6.54 Å². The molecule has 1 heteroatoms. The molecule has 0 aliphatic carbocycles. The molecule has 0 amide bonds. The molecule has 14 heavy (non-hydrogen) atoms. The Morgan fingerprint density at radius 1 is 1.36 bits per heavy atom. The molecule has 1 saturated heterocycles. The van der Waals surface area contributed by atoms with Crippen molar-refractivity contribution < 1.29 is 0 Å². The summed E-state index contributed by atoms with van der Waals surface area (Å²) < 4.78 is 0. The van der Waals surface area contributed by atoms with E-state index in [2.05, 4.69) is 33.0 Å². The van der Waals surface area contributed by atoms with Crippen LogP contribution in [-0.2, 0) is 0 Å². The summed E-state index contributed by atoms with van der Waals surface area (Å²) in [7, 11) is 0. The van der Waals surface area contributed by atoms with Gasteiger partial charge in [0.05, 0.1) is 0 Å². The average Bonchev–Trinajstić information content (AvgIpc) is 2.16. The predicted octanol–water partition coefficient (Wildman–Crippen LogP) is 3.45. The van der Waals surface area contributed by atoms with Gasteiger partial charge in [0, 0.05) is 6.04 Å². The predicted molar refractivity (Wildman–Crippen MR) is 63.4 cm³/mol. The van der Waals surface area contributed by atoms with Gasteiger partial charge in [-0.2, -0.15) is 0 Å². The van der Waals surface area contributed by atoms with Crippen LogP contribution in [0.3, 0.4) is 0 Å². The summed E-state index contributed by atoms with van der Waals surface area (Å²) in [5, 5.41) is 3.64. The number of nitrogens with one attached hydrogen (secondary N) is 1. The van der Waals surface area contributed by atoms with Crippen LogP contribution < -0.4 is 5.32 Å². The van der Waals surface area contributed by atoms with Crippen molar-refractivity contribution >= 4 is 0 Å². The highest BCUT2D eigenvalue weighted by Crippen LogP contribution is 2.29. The summed E-state index contributed by atoms with van der Waals surface area (Å²) in [6.07, 6.45) is 5.53. The molecule has 0 radical (unpaired) electrons. The van der Waals surface area contributed by atoms with Gasteiger partial charge in [-0.25, -0.2) is 0 Å². The molecular weight excluding hydrogens is 170 g/mol. The lowest BCUT2D eigenvalue weighted by atomic mass is 9.78. The zero-order chi connectivity index (χ0) is 10.6. The zero-order valence-corrected chi connectivity index (χ0v) is 10.3. The Labute approximate surface area is 89.7 Å². The molecule has 0 spiro atoms. The molecule has 0 aromatic heterocycles. The van der Waals surface area contributed by atoms with Crippen molar-refractivity contribution in [3.05, 3.63) is 0 Å². The van der Waals surface area contributed by atoms with Gasteiger partial charge in [0.1, 0.15) is 0 Å². The van der Waals surface area contributed by atoms with Crippen molar-refractivity contribution in [1.82, 2.24) is 5.32 Å². The van der Waals surface area contributed by atoms with E-state index in [0.717, 1.165) is 23.8 Å². The highest BCUT2D eigenvalue weighted by molar-refractivity contribution is 4.83. The van der Waals surface area contributed by atoms with Crippen molar-refractivity contribution in [1.29, 1.82) is 0 Å². The molecule has 1 heterocycles. The lowest BCUT2D eigenvalue weighted by Crippen LogP contribution is -2.44. The standard InChI is InChI=1S/C13H27N/c1-5-13-11(4)12(8-9-14-13)7-6-10(2)3/h10-14H,5-9H2,1-4H3/t11-,12-,13?/m1/s1. The first-order chi connectivity index (χ1) is 6.65. The molecule has 0 aromatic carbocycles. The molecule has 84 valence electrons. The second-order valence-corrected chi connectivity index (χ2v) is 5.35. The molecule has 0 saturated carbocycles. The summed E-state index contributed by atoms with van der Waals surface area (Å²) in [6.45, 7) is 10.7. The molecule has 0 bridgehead atoms. The third-order valence-electron chi connectivity index (χ3n) is 3.85. The normalized spacial score (nSPS) is 33.6. The van der Waals surface area contributed by atoms with E-state index in [-0.39, 0.29) is 0 Å². The van der Waals surface area contributed by atoms with Crippen molar-refractivity contribution in [3.63, 3.8) is 0 Å². The summed E-state index contributed by atoms with van der Waals surface area (Å²) in [5.74, 6) is 2.73. The highest BCUT2D eigenvalue weighted by Gasteiger charge is 2.27. The van der Waals surface area contributed by atoms with Gasteiger partial charge in [-0.15, -0.1) is 0 Å². The Balaban J connectivity index is 2.35. The minimum atomic E-state index is 0.779. The van der Waals surface area contributed by atoms with Gasteiger partial charge in [-0.3, -0.25) is 0 Å². The van der Waals surface area contributed by atoms with Crippen LogP contribution >= 0.6 is 0 Å². The topological polar surface area (TPSA) is 12.0 Å². The number of hydrogen-bond donors (Lipinski definition) is 1. The lowest BCUT2D eigenvalue weighted by Gasteiger charge is -2.37. The summed E-state index contributed by atoms with van der Waals surface area (Å²) in [4.78, 5) is 0. The zero-order valence-electron chi connectivity index (χ0n) is 10.3.